The van der Waals surface area contributed by atoms with E-state index in [1.807, 2.05) is 0 Å². The van der Waals surface area contributed by atoms with E-state index in [0.29, 0.717) is 5.92 Å². The molecule has 3 rings (SSSR count). The van der Waals surface area contributed by atoms with Crippen LogP contribution in [0.1, 0.15) is 101 Å². The van der Waals surface area contributed by atoms with Crippen LogP contribution < -0.4 is 0 Å². The van der Waals surface area contributed by atoms with Gasteiger partial charge in [0.1, 0.15) is 12.2 Å². The number of esters is 1. The van der Waals surface area contributed by atoms with Crippen LogP contribution >= 0.6 is 0 Å². The molecule has 0 N–H and O–H groups in total. The van der Waals surface area contributed by atoms with Crippen LogP contribution in [0.5, 0.6) is 0 Å². The van der Waals surface area contributed by atoms with Gasteiger partial charge in [-0.2, -0.15) is 9.65 Å². The van der Waals surface area contributed by atoms with E-state index in [0.717, 1.165) is 51.4 Å². The van der Waals surface area contributed by atoms with E-state index in [9.17, 15) is 9.18 Å². The molecule has 174 valence electrons. The summed E-state index contributed by atoms with van der Waals surface area (Å²) in [4.78, 5) is 12.6. The van der Waals surface area contributed by atoms with Crippen LogP contribution in [-0.4, -0.2) is 12.1 Å². The van der Waals surface area contributed by atoms with Crippen molar-refractivity contribution in [3.05, 3.63) is 47.3 Å². The molecule has 0 atom stereocenters. The second-order valence-electron chi connectivity index (χ2n) is 9.70. The van der Waals surface area contributed by atoms with Crippen LogP contribution in [0, 0.1) is 23.2 Å². The zero-order chi connectivity index (χ0) is 22.8. The highest BCUT2D eigenvalue weighted by Crippen LogP contribution is 2.36. The molecule has 2 fully saturated rings. The monoisotopic (exact) mass is 439 g/mol. The van der Waals surface area contributed by atoms with Crippen molar-refractivity contribution in [3.8, 4) is 6.07 Å². The molecular weight excluding hydrogens is 401 g/mol. The molecule has 2 saturated carbocycles. The second-order valence-corrected chi connectivity index (χ2v) is 9.70. The van der Waals surface area contributed by atoms with Crippen molar-refractivity contribution in [2.75, 3.05) is 0 Å². The number of hydrogen-bond acceptors (Lipinski definition) is 3. The summed E-state index contributed by atoms with van der Waals surface area (Å²) in [6.07, 6.45) is 14.7. The Morgan fingerprint density at radius 2 is 1.72 bits per heavy atom. The zero-order valence-corrected chi connectivity index (χ0v) is 19.5. The summed E-state index contributed by atoms with van der Waals surface area (Å²) in [5.74, 6) is -0.237. The normalized spacial score (nSPS) is 26.3. The van der Waals surface area contributed by atoms with Gasteiger partial charge in [0, 0.05) is 0 Å². The predicted molar refractivity (Wildman–Crippen MR) is 126 cm³/mol. The molecule has 32 heavy (non-hydrogen) atoms. The maximum atomic E-state index is 13.1. The van der Waals surface area contributed by atoms with Crippen molar-refractivity contribution in [1.82, 2.24) is 0 Å². The number of nitriles is 1. The summed E-state index contributed by atoms with van der Waals surface area (Å²) in [5, 5.41) is 8.57. The molecule has 0 aliphatic heterocycles. The smallest absolute Gasteiger partial charge is 0.309 e. The fourth-order valence-corrected chi connectivity index (χ4v) is 5.25. The number of halogens is 1. The van der Waals surface area contributed by atoms with Gasteiger partial charge in [0.15, 0.2) is 5.83 Å². The minimum absolute atomic E-state index is 0.0326. The van der Waals surface area contributed by atoms with Crippen molar-refractivity contribution in [2.45, 2.75) is 102 Å². The topological polar surface area (TPSA) is 50.1 Å². The number of carbonyl (C=O) groups excluding carboxylic acids is 1. The first-order valence-electron chi connectivity index (χ1n) is 12.7. The predicted octanol–water partition coefficient (Wildman–Crippen LogP) is 7.56. The Hall–Kier alpha value is -2.15. The summed E-state index contributed by atoms with van der Waals surface area (Å²) in [7, 11) is 0. The van der Waals surface area contributed by atoms with Crippen molar-refractivity contribution >= 4 is 5.97 Å². The number of rotatable bonds is 9. The molecule has 3 nitrogen and oxygen atoms in total. The van der Waals surface area contributed by atoms with Gasteiger partial charge in [0.05, 0.1) is 5.92 Å². The van der Waals surface area contributed by atoms with Gasteiger partial charge in [-0.05, 0) is 93.2 Å². The summed E-state index contributed by atoms with van der Waals surface area (Å²) in [5.41, 5.74) is 2.86. The minimum atomic E-state index is -0.714. The van der Waals surface area contributed by atoms with Crippen LogP contribution in [0.25, 0.3) is 0 Å². The van der Waals surface area contributed by atoms with Gasteiger partial charge < -0.3 is 4.74 Å². The maximum absolute atomic E-state index is 13.1. The minimum Gasteiger partial charge on any atom is -0.462 e. The van der Waals surface area contributed by atoms with Gasteiger partial charge >= 0.3 is 5.97 Å². The number of aryl methyl sites for hydroxylation is 1. The molecule has 0 radical (unpaired) electrons. The van der Waals surface area contributed by atoms with E-state index in [1.165, 1.54) is 55.4 Å². The number of allylic oxidation sites excluding steroid dienone is 2. The van der Waals surface area contributed by atoms with Crippen LogP contribution in [0.2, 0.25) is 0 Å². The van der Waals surface area contributed by atoms with E-state index in [1.54, 1.807) is 0 Å². The SMILES string of the molecule is CCCCCCc1ccc([C@H]2CC[C@H](OC(=O)[C@H]3CC[C@H](C=C(F)C#N)CC3)CC2)cc1. The fraction of sp³-hybridized carbons (Fsp3) is 0.643. The molecule has 0 aromatic heterocycles. The third-order valence-electron chi connectivity index (χ3n) is 7.32. The molecule has 0 heterocycles. The van der Waals surface area contributed by atoms with Crippen molar-refractivity contribution in [1.29, 1.82) is 5.26 Å². The van der Waals surface area contributed by atoms with Crippen LogP contribution in [-0.2, 0) is 16.0 Å². The number of benzene rings is 1. The highest BCUT2D eigenvalue weighted by Gasteiger charge is 2.30. The van der Waals surface area contributed by atoms with Gasteiger partial charge in [-0.25, -0.2) is 0 Å². The average molecular weight is 440 g/mol. The van der Waals surface area contributed by atoms with Gasteiger partial charge in [0.2, 0.25) is 0 Å². The summed E-state index contributed by atoms with van der Waals surface area (Å²) in [6.45, 7) is 2.25. The second kappa shape index (κ2) is 12.8. The van der Waals surface area contributed by atoms with Crippen LogP contribution in [0.15, 0.2) is 36.2 Å². The van der Waals surface area contributed by atoms with Crippen LogP contribution in [0.4, 0.5) is 4.39 Å². The Labute approximate surface area is 193 Å². The fourth-order valence-electron chi connectivity index (χ4n) is 5.25. The van der Waals surface area contributed by atoms with E-state index in [2.05, 4.69) is 31.2 Å². The Kier molecular flexibility index (Phi) is 9.78. The first kappa shape index (κ1) is 24.5. The molecule has 0 spiro atoms. The van der Waals surface area contributed by atoms with Crippen molar-refractivity contribution in [2.24, 2.45) is 11.8 Å². The van der Waals surface area contributed by atoms with Crippen LogP contribution in [0.3, 0.4) is 0 Å². The molecule has 0 unspecified atom stereocenters. The lowest BCUT2D eigenvalue weighted by Gasteiger charge is -2.31. The quantitative estimate of drug-likeness (QED) is 0.226. The molecule has 2 aliphatic carbocycles. The Morgan fingerprint density at radius 1 is 1.03 bits per heavy atom. The Balaban J connectivity index is 1.38. The lowest BCUT2D eigenvalue weighted by Crippen LogP contribution is -2.29. The number of carbonyl (C=O) groups is 1. The lowest BCUT2D eigenvalue weighted by molar-refractivity contribution is -0.157. The van der Waals surface area contributed by atoms with E-state index >= 15 is 0 Å². The van der Waals surface area contributed by atoms with Gasteiger partial charge in [-0.1, -0.05) is 50.5 Å². The standard InChI is InChI=1S/C28H38FNO2/c1-2-3-4-5-6-21-7-11-23(12-8-21)24-15-17-27(18-16-24)32-28(31)25-13-9-22(10-14-25)19-26(29)20-30/h7-8,11-12,19,22,24-25,27H,2-6,9-10,13-18H2,1H3/t22-,24-,25-,27-. The molecule has 1 aromatic rings. The number of ether oxygens (including phenoxy) is 1. The number of unbranched alkanes of at least 4 members (excludes halogenated alkanes) is 3. The summed E-state index contributed by atoms with van der Waals surface area (Å²) >= 11 is 0. The third-order valence-corrected chi connectivity index (χ3v) is 7.32. The number of nitrogens with zero attached hydrogens (tertiary/aromatic N) is 1. The Bertz CT molecular complexity index is 779. The maximum Gasteiger partial charge on any atom is 0.309 e. The number of hydrogen-bond donors (Lipinski definition) is 0. The van der Waals surface area contributed by atoms with E-state index in [4.69, 9.17) is 10.00 Å². The lowest BCUT2D eigenvalue weighted by atomic mass is 9.81. The third kappa shape index (κ3) is 7.47. The largest absolute Gasteiger partial charge is 0.462 e. The van der Waals surface area contributed by atoms with Gasteiger partial charge in [0.25, 0.3) is 0 Å². The van der Waals surface area contributed by atoms with Crippen molar-refractivity contribution in [3.63, 3.8) is 0 Å². The van der Waals surface area contributed by atoms with Gasteiger partial charge in [-0.3, -0.25) is 4.79 Å². The first-order valence-corrected chi connectivity index (χ1v) is 12.7. The molecule has 4 heteroatoms. The summed E-state index contributed by atoms with van der Waals surface area (Å²) in [6, 6.07) is 10.7. The molecule has 0 bridgehead atoms. The zero-order valence-electron chi connectivity index (χ0n) is 19.5. The first-order chi connectivity index (χ1) is 15.6. The van der Waals surface area contributed by atoms with Crippen molar-refractivity contribution < 1.29 is 13.9 Å². The molecular formula is C28H38FNO2. The van der Waals surface area contributed by atoms with E-state index < -0.39 is 5.83 Å². The summed E-state index contributed by atoms with van der Waals surface area (Å²) < 4.78 is 19.0. The Morgan fingerprint density at radius 3 is 2.34 bits per heavy atom. The highest BCUT2D eigenvalue weighted by molar-refractivity contribution is 5.72. The molecule has 0 saturated heterocycles. The van der Waals surface area contributed by atoms with E-state index in [-0.39, 0.29) is 23.9 Å². The average Bonchev–Trinajstić information content (AvgIpc) is 2.83. The highest BCUT2D eigenvalue weighted by atomic mass is 19.1. The molecule has 1 aromatic carbocycles. The molecule has 0 amide bonds. The van der Waals surface area contributed by atoms with Gasteiger partial charge in [-0.15, -0.1) is 0 Å². The molecule has 2 aliphatic rings.